The Morgan fingerprint density at radius 3 is 2.55 bits per heavy atom. The molecule has 0 radical (unpaired) electrons. The van der Waals surface area contributed by atoms with Gasteiger partial charge in [0.2, 0.25) is 0 Å². The van der Waals surface area contributed by atoms with Crippen molar-refractivity contribution >= 4 is 27.0 Å². The third kappa shape index (κ3) is 3.81. The van der Waals surface area contributed by atoms with Gasteiger partial charge in [-0.3, -0.25) is 4.72 Å². The Morgan fingerprint density at radius 2 is 1.79 bits per heavy atom. The maximum absolute atomic E-state index is 12.5. The highest BCUT2D eigenvalue weighted by atomic mass is 32.2. The lowest BCUT2D eigenvalue weighted by Crippen LogP contribution is -2.14. The Morgan fingerprint density at radius 1 is 1.00 bits per heavy atom. The van der Waals surface area contributed by atoms with E-state index in [4.69, 9.17) is 4.74 Å². The first-order chi connectivity index (χ1) is 14.0. The molecule has 146 valence electrons. The summed E-state index contributed by atoms with van der Waals surface area (Å²) in [7, 11) is -2.32. The lowest BCUT2D eigenvalue weighted by Gasteiger charge is -2.09. The molecule has 0 saturated heterocycles. The second-order valence-corrected chi connectivity index (χ2v) is 7.78. The number of hydrogen-bond acceptors (Lipinski definition) is 7. The van der Waals surface area contributed by atoms with Crippen LogP contribution in [0.1, 0.15) is 0 Å². The summed E-state index contributed by atoms with van der Waals surface area (Å²) >= 11 is 0. The van der Waals surface area contributed by atoms with Gasteiger partial charge >= 0.3 is 0 Å². The summed E-state index contributed by atoms with van der Waals surface area (Å²) in [5.74, 6) is 0.406. The Labute approximate surface area is 166 Å². The van der Waals surface area contributed by atoms with Gasteiger partial charge in [-0.2, -0.15) is 0 Å². The molecular weight excluding hydrogens is 392 g/mol. The topological polar surface area (TPSA) is 114 Å². The number of benzene rings is 2. The van der Waals surface area contributed by atoms with Crippen LogP contribution in [0.5, 0.6) is 11.5 Å². The van der Waals surface area contributed by atoms with E-state index < -0.39 is 10.0 Å². The minimum absolute atomic E-state index is 0.0226. The van der Waals surface area contributed by atoms with Gasteiger partial charge in [-0.15, -0.1) is 0 Å². The number of nitrogens with zero attached hydrogens (tertiary/aromatic N) is 3. The van der Waals surface area contributed by atoms with Crippen LogP contribution in [0.25, 0.3) is 22.4 Å². The van der Waals surface area contributed by atoms with Crippen LogP contribution in [0.15, 0.2) is 71.8 Å². The third-order valence-corrected chi connectivity index (χ3v) is 5.55. The predicted octanol–water partition coefficient (Wildman–Crippen LogP) is 3.21. The molecule has 2 aromatic heterocycles. The van der Waals surface area contributed by atoms with Gasteiger partial charge in [-0.05, 0) is 42.5 Å². The maximum atomic E-state index is 12.5. The Balaban J connectivity index is 1.70. The summed E-state index contributed by atoms with van der Waals surface area (Å²) in [4.78, 5) is 13.1. The number of phenolic OH excluding ortho intramolecular Hbond substituents is 1. The fourth-order valence-electron chi connectivity index (χ4n) is 2.74. The molecule has 2 heterocycles. The van der Waals surface area contributed by atoms with E-state index in [-0.39, 0.29) is 22.1 Å². The van der Waals surface area contributed by atoms with Crippen LogP contribution in [-0.2, 0) is 10.0 Å². The number of ether oxygens (including phenoxy) is 1. The SMILES string of the molecule is COc1cc(-c2ccc3ncc(NS(=O)(=O)c4ccccc4)nc3n2)ccc1O. The van der Waals surface area contributed by atoms with Crippen molar-refractivity contribution in [2.24, 2.45) is 0 Å². The number of fused-ring (bicyclic) bond motifs is 1. The number of anilines is 1. The Kier molecular flexibility index (Phi) is 4.73. The summed E-state index contributed by atoms with van der Waals surface area (Å²) < 4.78 is 32.5. The molecule has 4 rings (SSSR count). The fraction of sp³-hybridized carbons (Fsp3) is 0.0500. The van der Waals surface area contributed by atoms with Crippen LogP contribution in [0.4, 0.5) is 5.82 Å². The van der Waals surface area contributed by atoms with E-state index in [0.717, 1.165) is 0 Å². The number of nitrogens with one attached hydrogen (secondary N) is 1. The van der Waals surface area contributed by atoms with Gasteiger partial charge < -0.3 is 9.84 Å². The monoisotopic (exact) mass is 408 g/mol. The molecular formula is C20H16N4O4S. The quantitative estimate of drug-likeness (QED) is 0.521. The Bertz CT molecular complexity index is 1290. The highest BCUT2D eigenvalue weighted by Gasteiger charge is 2.15. The van der Waals surface area contributed by atoms with Crippen LogP contribution in [0.3, 0.4) is 0 Å². The second-order valence-electron chi connectivity index (χ2n) is 6.10. The van der Waals surface area contributed by atoms with E-state index in [1.54, 1.807) is 42.5 Å². The molecule has 29 heavy (non-hydrogen) atoms. The molecule has 0 atom stereocenters. The van der Waals surface area contributed by atoms with Gasteiger partial charge in [0.15, 0.2) is 23.0 Å². The van der Waals surface area contributed by atoms with Crippen LogP contribution in [-0.4, -0.2) is 35.6 Å². The van der Waals surface area contributed by atoms with Crippen LogP contribution < -0.4 is 9.46 Å². The number of pyridine rings is 1. The molecule has 0 saturated carbocycles. The molecule has 8 nitrogen and oxygen atoms in total. The molecule has 0 unspecified atom stereocenters. The van der Waals surface area contributed by atoms with Crippen molar-refractivity contribution in [2.45, 2.75) is 4.90 Å². The molecule has 2 N–H and O–H groups in total. The normalized spacial score (nSPS) is 11.3. The fourth-order valence-corrected chi connectivity index (χ4v) is 3.75. The standard InChI is InChI=1S/C20H16N4O4S/c1-28-18-11-13(7-10-17(18)25)15-8-9-16-20(22-15)23-19(12-21-16)24-29(26,27)14-5-3-2-4-6-14/h2-12,25H,1H3,(H,22,23,24). The first-order valence-corrected chi connectivity index (χ1v) is 10.0. The summed E-state index contributed by atoms with van der Waals surface area (Å²) in [5.41, 5.74) is 2.08. The number of sulfonamides is 1. The zero-order valence-corrected chi connectivity index (χ0v) is 16.1. The lowest BCUT2D eigenvalue weighted by atomic mass is 10.1. The minimum Gasteiger partial charge on any atom is -0.504 e. The molecule has 0 aliphatic rings. The van der Waals surface area contributed by atoms with Crippen molar-refractivity contribution in [3.8, 4) is 22.8 Å². The molecule has 9 heteroatoms. The minimum atomic E-state index is -3.78. The number of aromatic nitrogens is 3. The van der Waals surface area contributed by atoms with Gasteiger partial charge in [0, 0.05) is 5.56 Å². The van der Waals surface area contributed by atoms with Crippen molar-refractivity contribution in [1.82, 2.24) is 15.0 Å². The summed E-state index contributed by atoms with van der Waals surface area (Å²) in [6.07, 6.45) is 1.34. The lowest BCUT2D eigenvalue weighted by molar-refractivity contribution is 0.373. The van der Waals surface area contributed by atoms with E-state index in [9.17, 15) is 13.5 Å². The predicted molar refractivity (Wildman–Crippen MR) is 108 cm³/mol. The van der Waals surface area contributed by atoms with Gasteiger partial charge in [0.25, 0.3) is 10.0 Å². The average molecular weight is 408 g/mol. The molecule has 4 aromatic rings. The van der Waals surface area contributed by atoms with E-state index in [1.807, 2.05) is 0 Å². The van der Waals surface area contributed by atoms with Gasteiger partial charge in [-0.1, -0.05) is 18.2 Å². The first kappa shape index (κ1) is 18.6. The van der Waals surface area contributed by atoms with Gasteiger partial charge in [0.1, 0.15) is 5.52 Å². The van der Waals surface area contributed by atoms with Crippen molar-refractivity contribution in [3.63, 3.8) is 0 Å². The first-order valence-electron chi connectivity index (χ1n) is 8.55. The van der Waals surface area contributed by atoms with Gasteiger partial charge in [0.05, 0.1) is 23.9 Å². The molecule has 0 amide bonds. The van der Waals surface area contributed by atoms with E-state index in [0.29, 0.717) is 22.5 Å². The van der Waals surface area contributed by atoms with Crippen molar-refractivity contribution in [1.29, 1.82) is 0 Å². The van der Waals surface area contributed by atoms with Crippen molar-refractivity contribution in [3.05, 3.63) is 66.9 Å². The third-order valence-electron chi connectivity index (χ3n) is 4.17. The molecule has 0 aliphatic heterocycles. The average Bonchev–Trinajstić information content (AvgIpc) is 2.74. The molecule has 2 aromatic carbocycles. The van der Waals surface area contributed by atoms with Crippen LogP contribution >= 0.6 is 0 Å². The number of hydrogen-bond donors (Lipinski definition) is 2. The summed E-state index contributed by atoms with van der Waals surface area (Å²) in [6, 6.07) is 16.3. The summed E-state index contributed by atoms with van der Waals surface area (Å²) in [5, 5.41) is 9.76. The maximum Gasteiger partial charge on any atom is 0.263 e. The zero-order chi connectivity index (χ0) is 20.4. The zero-order valence-electron chi connectivity index (χ0n) is 15.3. The molecule has 0 aliphatic carbocycles. The largest absolute Gasteiger partial charge is 0.504 e. The van der Waals surface area contributed by atoms with Crippen molar-refractivity contribution in [2.75, 3.05) is 11.8 Å². The van der Waals surface area contributed by atoms with E-state index >= 15 is 0 Å². The van der Waals surface area contributed by atoms with Crippen LogP contribution in [0, 0.1) is 0 Å². The molecule has 0 bridgehead atoms. The molecule has 0 fully saturated rings. The van der Waals surface area contributed by atoms with Crippen LogP contribution in [0.2, 0.25) is 0 Å². The summed E-state index contributed by atoms with van der Waals surface area (Å²) in [6.45, 7) is 0. The number of aromatic hydroxyl groups is 1. The second kappa shape index (κ2) is 7.36. The number of rotatable bonds is 5. The van der Waals surface area contributed by atoms with E-state index in [1.165, 1.54) is 31.5 Å². The van der Waals surface area contributed by atoms with Gasteiger partial charge in [-0.25, -0.2) is 23.4 Å². The van der Waals surface area contributed by atoms with Crippen molar-refractivity contribution < 1.29 is 18.3 Å². The Hall–Kier alpha value is -3.72. The smallest absolute Gasteiger partial charge is 0.263 e. The number of methoxy groups -OCH3 is 1. The number of phenols is 1. The van der Waals surface area contributed by atoms with E-state index in [2.05, 4.69) is 19.7 Å². The highest BCUT2D eigenvalue weighted by Crippen LogP contribution is 2.31. The molecule has 0 spiro atoms. The highest BCUT2D eigenvalue weighted by molar-refractivity contribution is 7.92.